The second kappa shape index (κ2) is 7.91. The smallest absolute Gasteiger partial charge is 0.308 e. The number of carbonyl (C=O) groups is 1. The van der Waals surface area contributed by atoms with Crippen molar-refractivity contribution in [3.8, 4) is 0 Å². The quantitative estimate of drug-likeness (QED) is 0.798. The molecule has 0 saturated heterocycles. The zero-order valence-corrected chi connectivity index (χ0v) is 13.8. The fourth-order valence-electron chi connectivity index (χ4n) is 2.11. The van der Waals surface area contributed by atoms with Gasteiger partial charge in [0, 0.05) is 38.6 Å². The third-order valence-electron chi connectivity index (χ3n) is 3.62. The average Bonchev–Trinajstić information content (AvgIpc) is 2.42. The molecule has 1 atom stereocenters. The molecule has 0 fully saturated rings. The molecule has 1 N–H and O–H groups in total. The Kier molecular flexibility index (Phi) is 6.53. The van der Waals surface area contributed by atoms with Crippen LogP contribution in [0.5, 0.6) is 0 Å². The number of rotatable bonds is 8. The molecule has 21 heavy (non-hydrogen) atoms. The van der Waals surface area contributed by atoms with Gasteiger partial charge in [-0.25, -0.2) is 0 Å². The second-order valence-corrected chi connectivity index (χ2v) is 6.28. The molecule has 1 rings (SSSR count). The lowest BCUT2D eigenvalue weighted by Gasteiger charge is -2.28. The minimum atomic E-state index is -0.741. The summed E-state index contributed by atoms with van der Waals surface area (Å²) in [7, 11) is 4.02. The number of hydrogen-bond donors (Lipinski definition) is 1. The summed E-state index contributed by atoms with van der Waals surface area (Å²) < 4.78 is 0. The van der Waals surface area contributed by atoms with Crippen LogP contribution in [-0.2, 0) is 4.79 Å². The van der Waals surface area contributed by atoms with E-state index in [2.05, 4.69) is 47.9 Å². The molecule has 4 nitrogen and oxygen atoms in total. The van der Waals surface area contributed by atoms with E-state index < -0.39 is 5.97 Å². The highest BCUT2D eigenvalue weighted by Crippen LogP contribution is 2.21. The van der Waals surface area contributed by atoms with Crippen LogP contribution in [0.4, 0.5) is 11.4 Å². The average molecular weight is 292 g/mol. The number of anilines is 2. The minimum absolute atomic E-state index is 0.370. The van der Waals surface area contributed by atoms with Crippen LogP contribution in [0.3, 0.4) is 0 Å². The molecule has 0 aliphatic carbocycles. The zero-order chi connectivity index (χ0) is 16.0. The van der Waals surface area contributed by atoms with Gasteiger partial charge in [-0.15, -0.1) is 0 Å². The van der Waals surface area contributed by atoms with Crippen LogP contribution < -0.4 is 9.80 Å². The number of hydrogen-bond acceptors (Lipinski definition) is 3. The number of nitrogens with zero attached hydrogens (tertiary/aromatic N) is 2. The normalized spacial score (nSPS) is 12.3. The highest BCUT2D eigenvalue weighted by molar-refractivity contribution is 5.70. The SMILES string of the molecule is CC(C)CCN(CC(C)C(=O)O)c1ccc(N(C)C)cc1. The Labute approximate surface area is 128 Å². The summed E-state index contributed by atoms with van der Waals surface area (Å²) in [5, 5.41) is 9.14. The summed E-state index contributed by atoms with van der Waals surface area (Å²) >= 11 is 0. The molecule has 0 aromatic heterocycles. The predicted molar refractivity (Wildman–Crippen MR) is 89.2 cm³/mol. The van der Waals surface area contributed by atoms with Gasteiger partial charge in [0.15, 0.2) is 0 Å². The van der Waals surface area contributed by atoms with Gasteiger partial charge in [0.05, 0.1) is 5.92 Å². The number of benzene rings is 1. The first-order valence-electron chi connectivity index (χ1n) is 7.56. The lowest BCUT2D eigenvalue weighted by molar-refractivity contribution is -0.140. The van der Waals surface area contributed by atoms with E-state index in [0.29, 0.717) is 12.5 Å². The van der Waals surface area contributed by atoms with Gasteiger partial charge in [-0.1, -0.05) is 20.8 Å². The molecular formula is C17H28N2O2. The Bertz CT molecular complexity index is 441. The Morgan fingerprint density at radius 3 is 2.05 bits per heavy atom. The van der Waals surface area contributed by atoms with Gasteiger partial charge in [0.2, 0.25) is 0 Å². The minimum Gasteiger partial charge on any atom is -0.481 e. The number of carboxylic acid groups (broad SMARTS) is 1. The molecule has 118 valence electrons. The van der Waals surface area contributed by atoms with Crippen LogP contribution in [0, 0.1) is 11.8 Å². The monoisotopic (exact) mass is 292 g/mol. The van der Waals surface area contributed by atoms with Crippen molar-refractivity contribution in [3.63, 3.8) is 0 Å². The maximum Gasteiger partial charge on any atom is 0.308 e. The van der Waals surface area contributed by atoms with Gasteiger partial charge < -0.3 is 14.9 Å². The third kappa shape index (κ3) is 5.66. The molecule has 4 heteroatoms. The van der Waals surface area contributed by atoms with Crippen molar-refractivity contribution in [1.82, 2.24) is 0 Å². The zero-order valence-electron chi connectivity index (χ0n) is 13.8. The molecule has 0 amide bonds. The summed E-state index contributed by atoms with van der Waals surface area (Å²) in [6, 6.07) is 8.29. The van der Waals surface area contributed by atoms with E-state index in [9.17, 15) is 4.79 Å². The lowest BCUT2D eigenvalue weighted by atomic mass is 10.1. The van der Waals surface area contributed by atoms with Gasteiger partial charge in [-0.3, -0.25) is 4.79 Å². The molecule has 0 aliphatic heterocycles. The summed E-state index contributed by atoms with van der Waals surface area (Å²) in [5.41, 5.74) is 2.24. The van der Waals surface area contributed by atoms with Crippen molar-refractivity contribution >= 4 is 17.3 Å². The van der Waals surface area contributed by atoms with Crippen molar-refractivity contribution in [2.24, 2.45) is 11.8 Å². The van der Waals surface area contributed by atoms with E-state index >= 15 is 0 Å². The van der Waals surface area contributed by atoms with E-state index in [4.69, 9.17) is 5.11 Å². The summed E-state index contributed by atoms with van der Waals surface area (Å²) in [6.07, 6.45) is 1.06. The van der Waals surface area contributed by atoms with Gasteiger partial charge in [-0.2, -0.15) is 0 Å². The lowest BCUT2D eigenvalue weighted by Crippen LogP contribution is -2.33. The fourth-order valence-corrected chi connectivity index (χ4v) is 2.11. The topological polar surface area (TPSA) is 43.8 Å². The first-order chi connectivity index (χ1) is 9.81. The first kappa shape index (κ1) is 17.3. The molecule has 0 spiro atoms. The third-order valence-corrected chi connectivity index (χ3v) is 3.62. The molecule has 0 saturated carbocycles. The summed E-state index contributed by atoms with van der Waals surface area (Å²) in [5.74, 6) is -0.506. The highest BCUT2D eigenvalue weighted by Gasteiger charge is 2.17. The van der Waals surface area contributed by atoms with Gasteiger partial charge >= 0.3 is 5.97 Å². The van der Waals surface area contributed by atoms with Gasteiger partial charge in [0.1, 0.15) is 0 Å². The van der Waals surface area contributed by atoms with Crippen molar-refractivity contribution in [1.29, 1.82) is 0 Å². The molecule has 1 aromatic carbocycles. The van der Waals surface area contributed by atoms with Crippen molar-refractivity contribution in [3.05, 3.63) is 24.3 Å². The van der Waals surface area contributed by atoms with Gasteiger partial charge in [-0.05, 0) is 36.6 Å². The van der Waals surface area contributed by atoms with Crippen molar-refractivity contribution in [2.75, 3.05) is 37.0 Å². The van der Waals surface area contributed by atoms with Crippen molar-refractivity contribution < 1.29 is 9.90 Å². The Hall–Kier alpha value is -1.71. The van der Waals surface area contributed by atoms with Crippen LogP contribution in [0.25, 0.3) is 0 Å². The summed E-state index contributed by atoms with van der Waals surface area (Å²) in [6.45, 7) is 7.57. The van der Waals surface area contributed by atoms with E-state index in [1.807, 2.05) is 14.1 Å². The highest BCUT2D eigenvalue weighted by atomic mass is 16.4. The van der Waals surface area contributed by atoms with E-state index in [1.165, 1.54) is 0 Å². The molecule has 0 heterocycles. The largest absolute Gasteiger partial charge is 0.481 e. The molecule has 0 aliphatic rings. The van der Waals surface area contributed by atoms with E-state index in [-0.39, 0.29) is 5.92 Å². The maximum absolute atomic E-state index is 11.1. The molecule has 1 unspecified atom stereocenters. The molecule has 0 bridgehead atoms. The Morgan fingerprint density at radius 1 is 1.10 bits per heavy atom. The van der Waals surface area contributed by atoms with Crippen LogP contribution in [0.2, 0.25) is 0 Å². The van der Waals surface area contributed by atoms with Crippen LogP contribution in [0.1, 0.15) is 27.2 Å². The molecule has 1 aromatic rings. The van der Waals surface area contributed by atoms with E-state index in [0.717, 1.165) is 24.3 Å². The molecule has 0 radical (unpaired) electrons. The summed E-state index contributed by atoms with van der Waals surface area (Å²) in [4.78, 5) is 15.4. The Balaban J connectivity index is 2.85. The molecular weight excluding hydrogens is 264 g/mol. The number of aliphatic carboxylic acids is 1. The fraction of sp³-hybridized carbons (Fsp3) is 0.588. The second-order valence-electron chi connectivity index (χ2n) is 6.28. The predicted octanol–water partition coefficient (Wildman–Crippen LogP) is 3.33. The Morgan fingerprint density at radius 2 is 1.62 bits per heavy atom. The standard InChI is InChI=1S/C17H28N2O2/c1-13(2)10-11-19(12-14(3)17(20)21)16-8-6-15(7-9-16)18(4)5/h6-9,13-14H,10-12H2,1-5H3,(H,20,21). The van der Waals surface area contributed by atoms with Crippen LogP contribution in [-0.4, -0.2) is 38.3 Å². The van der Waals surface area contributed by atoms with E-state index in [1.54, 1.807) is 6.92 Å². The van der Waals surface area contributed by atoms with Crippen molar-refractivity contribution in [2.45, 2.75) is 27.2 Å². The van der Waals surface area contributed by atoms with Crippen LogP contribution >= 0.6 is 0 Å². The van der Waals surface area contributed by atoms with Gasteiger partial charge in [0.25, 0.3) is 0 Å². The number of carboxylic acids is 1. The van der Waals surface area contributed by atoms with Crippen LogP contribution in [0.15, 0.2) is 24.3 Å². The first-order valence-corrected chi connectivity index (χ1v) is 7.56. The maximum atomic E-state index is 11.1.